The van der Waals surface area contributed by atoms with Crippen LogP contribution < -0.4 is 24.4 Å². The molecule has 3 aromatic carbocycles. The zero-order valence-corrected chi connectivity index (χ0v) is 27.6. The van der Waals surface area contributed by atoms with Gasteiger partial charge in [0.2, 0.25) is 0 Å². The van der Waals surface area contributed by atoms with Gasteiger partial charge in [-0.25, -0.2) is 9.79 Å². The summed E-state index contributed by atoms with van der Waals surface area (Å²) >= 11 is 14.6. The number of fused-ring (bicyclic) bond motifs is 1. The number of aromatic nitrogens is 1. The molecule has 4 aromatic rings. The summed E-state index contributed by atoms with van der Waals surface area (Å²) in [5.74, 6) is 0.506. The Bertz CT molecular complexity index is 1880. The molecule has 0 spiro atoms. The number of rotatable bonds is 8. The number of nitrogens with zero attached hydrogens (tertiary/aromatic N) is 2. The van der Waals surface area contributed by atoms with E-state index in [2.05, 4.69) is 36.9 Å². The molecule has 0 unspecified atom stereocenters. The summed E-state index contributed by atoms with van der Waals surface area (Å²) in [6.07, 6.45) is 1.77. The van der Waals surface area contributed by atoms with Gasteiger partial charge in [-0.3, -0.25) is 9.36 Å². The lowest BCUT2D eigenvalue weighted by Crippen LogP contribution is -2.39. The molecule has 11 heteroatoms. The van der Waals surface area contributed by atoms with E-state index < -0.39 is 12.0 Å². The quantitative estimate of drug-likeness (QED) is 0.192. The van der Waals surface area contributed by atoms with E-state index in [-0.39, 0.29) is 18.8 Å². The van der Waals surface area contributed by atoms with Crippen LogP contribution in [0.15, 0.2) is 90.7 Å². The number of esters is 1. The molecule has 1 aliphatic rings. The molecule has 0 amide bonds. The van der Waals surface area contributed by atoms with E-state index in [1.165, 1.54) is 11.3 Å². The molecule has 216 valence electrons. The highest BCUT2D eigenvalue weighted by atomic mass is 79.9. The molecule has 42 heavy (non-hydrogen) atoms. The number of thiazole rings is 1. The molecule has 0 fully saturated rings. The maximum absolute atomic E-state index is 13.9. The first-order chi connectivity index (χ1) is 20.2. The third kappa shape index (κ3) is 6.13. The number of hydrogen-bond acceptors (Lipinski definition) is 7. The number of carbonyl (C=O) groups is 1. The summed E-state index contributed by atoms with van der Waals surface area (Å²) in [6.45, 7) is 3.97. The van der Waals surface area contributed by atoms with Gasteiger partial charge in [-0.05, 0) is 77.3 Å². The van der Waals surface area contributed by atoms with Gasteiger partial charge in [0.1, 0.15) is 6.61 Å². The van der Waals surface area contributed by atoms with Gasteiger partial charge < -0.3 is 14.2 Å². The van der Waals surface area contributed by atoms with Crippen LogP contribution in [0.1, 0.15) is 36.6 Å². The highest BCUT2D eigenvalue weighted by molar-refractivity contribution is 9.10. The number of methoxy groups -OCH3 is 1. The second kappa shape index (κ2) is 13.0. The highest BCUT2D eigenvalue weighted by Crippen LogP contribution is 2.38. The first kappa shape index (κ1) is 30.3. The van der Waals surface area contributed by atoms with Gasteiger partial charge in [0.25, 0.3) is 5.56 Å². The smallest absolute Gasteiger partial charge is 0.338 e. The zero-order valence-electron chi connectivity index (χ0n) is 22.8. The Labute approximate surface area is 268 Å². The predicted molar refractivity (Wildman–Crippen MR) is 171 cm³/mol. The van der Waals surface area contributed by atoms with Crippen LogP contribution in [-0.2, 0) is 16.1 Å². The van der Waals surface area contributed by atoms with E-state index in [1.807, 2.05) is 54.6 Å². The van der Waals surface area contributed by atoms with Crippen molar-refractivity contribution in [2.24, 2.45) is 4.99 Å². The minimum Gasteiger partial charge on any atom is -0.493 e. The number of halogens is 3. The van der Waals surface area contributed by atoms with E-state index in [0.29, 0.717) is 41.6 Å². The Hall–Kier alpha value is -3.18. The molecule has 0 aliphatic carbocycles. The molecule has 1 aliphatic heterocycles. The number of ether oxygens (including phenoxy) is 3. The van der Waals surface area contributed by atoms with Crippen molar-refractivity contribution < 1.29 is 19.0 Å². The van der Waals surface area contributed by atoms with Crippen LogP contribution in [-0.4, -0.2) is 24.3 Å². The summed E-state index contributed by atoms with van der Waals surface area (Å²) in [5, 5.41) is 0.613. The normalized spacial score (nSPS) is 14.8. The standard InChI is InChI=1S/C31H25Br2ClN2O5S/c1-4-40-30(38)26-17(2)35-31-36(27(26)19-9-11-21(32)12-10-19)29(37)25(42-31)15-18-13-22(33)28(24(14-18)39-3)41-16-20-7-5-6-8-23(20)34/h5-15,27H,4,16H2,1-3H3/b25-15-/t27-/m1/s1. The summed E-state index contributed by atoms with van der Waals surface area (Å²) in [6, 6.07) is 18.0. The lowest BCUT2D eigenvalue weighted by Gasteiger charge is -2.24. The van der Waals surface area contributed by atoms with Gasteiger partial charge in [-0.2, -0.15) is 0 Å². The van der Waals surface area contributed by atoms with Gasteiger partial charge in [0.15, 0.2) is 16.3 Å². The van der Waals surface area contributed by atoms with Gasteiger partial charge in [0.05, 0.1) is 40.0 Å². The number of allylic oxidation sites excluding steroid dienone is 1. The maximum Gasteiger partial charge on any atom is 0.338 e. The van der Waals surface area contributed by atoms with Crippen molar-refractivity contribution >= 4 is 66.8 Å². The SMILES string of the molecule is CCOC(=O)C1=C(C)N=c2s/c(=C\c3cc(Br)c(OCc4ccccc4Cl)c(OC)c3)c(=O)n2[C@@H]1c1ccc(Br)cc1. The van der Waals surface area contributed by atoms with Crippen molar-refractivity contribution in [1.29, 1.82) is 0 Å². The van der Waals surface area contributed by atoms with E-state index in [1.54, 1.807) is 37.7 Å². The minimum absolute atomic E-state index is 0.210. The van der Waals surface area contributed by atoms with Crippen LogP contribution in [0.5, 0.6) is 11.5 Å². The summed E-state index contributed by atoms with van der Waals surface area (Å²) in [4.78, 5) is 32.1. The minimum atomic E-state index is -0.683. The third-order valence-electron chi connectivity index (χ3n) is 6.58. The van der Waals surface area contributed by atoms with E-state index >= 15 is 0 Å². The van der Waals surface area contributed by atoms with E-state index in [0.717, 1.165) is 21.2 Å². The van der Waals surface area contributed by atoms with Gasteiger partial charge in [0, 0.05) is 15.1 Å². The second-order valence-corrected chi connectivity index (χ2v) is 12.5. The fourth-order valence-electron chi connectivity index (χ4n) is 4.63. The highest BCUT2D eigenvalue weighted by Gasteiger charge is 2.33. The average molecular weight is 733 g/mol. The zero-order chi connectivity index (χ0) is 30.0. The van der Waals surface area contributed by atoms with Gasteiger partial charge in [-0.15, -0.1) is 0 Å². The molecule has 1 atom stereocenters. The Morgan fingerprint density at radius 1 is 1.14 bits per heavy atom. The lowest BCUT2D eigenvalue weighted by molar-refractivity contribution is -0.139. The molecular weight excluding hydrogens is 708 g/mol. The average Bonchev–Trinajstić information content (AvgIpc) is 3.26. The molecule has 5 rings (SSSR count). The largest absolute Gasteiger partial charge is 0.493 e. The summed E-state index contributed by atoms with van der Waals surface area (Å²) in [5.41, 5.74) is 2.91. The fraction of sp³-hybridized carbons (Fsp3) is 0.194. The van der Waals surface area contributed by atoms with Crippen LogP contribution in [0.3, 0.4) is 0 Å². The first-order valence-corrected chi connectivity index (χ1v) is 15.7. The molecule has 0 saturated heterocycles. The second-order valence-electron chi connectivity index (χ2n) is 9.27. The first-order valence-electron chi connectivity index (χ1n) is 12.9. The topological polar surface area (TPSA) is 79.1 Å². The Morgan fingerprint density at radius 2 is 1.88 bits per heavy atom. The number of carbonyl (C=O) groups excluding carboxylic acids is 1. The predicted octanol–water partition coefficient (Wildman–Crippen LogP) is 6.56. The van der Waals surface area contributed by atoms with Crippen LogP contribution in [0.4, 0.5) is 0 Å². The van der Waals surface area contributed by atoms with E-state index in [4.69, 9.17) is 25.8 Å². The van der Waals surface area contributed by atoms with Crippen molar-refractivity contribution in [2.75, 3.05) is 13.7 Å². The van der Waals surface area contributed by atoms with Gasteiger partial charge >= 0.3 is 5.97 Å². The number of hydrogen-bond donors (Lipinski definition) is 0. The van der Waals surface area contributed by atoms with Crippen molar-refractivity contribution in [3.8, 4) is 11.5 Å². The van der Waals surface area contributed by atoms with Crippen molar-refractivity contribution in [1.82, 2.24) is 4.57 Å². The fourth-order valence-corrected chi connectivity index (χ4v) is 6.71. The van der Waals surface area contributed by atoms with Crippen LogP contribution >= 0.6 is 54.8 Å². The van der Waals surface area contributed by atoms with Crippen LogP contribution in [0.2, 0.25) is 5.02 Å². The van der Waals surface area contributed by atoms with Crippen LogP contribution in [0.25, 0.3) is 6.08 Å². The molecule has 2 heterocycles. The molecule has 0 radical (unpaired) electrons. The summed E-state index contributed by atoms with van der Waals surface area (Å²) in [7, 11) is 1.56. The van der Waals surface area contributed by atoms with Crippen LogP contribution in [0, 0.1) is 0 Å². The summed E-state index contributed by atoms with van der Waals surface area (Å²) < 4.78 is 20.6. The Balaban J connectivity index is 1.58. The molecule has 7 nitrogen and oxygen atoms in total. The maximum atomic E-state index is 13.9. The van der Waals surface area contributed by atoms with Crippen molar-refractivity contribution in [2.45, 2.75) is 26.5 Å². The molecule has 0 bridgehead atoms. The Kier molecular flexibility index (Phi) is 9.37. The van der Waals surface area contributed by atoms with Crippen molar-refractivity contribution in [3.63, 3.8) is 0 Å². The molecular formula is C31H25Br2ClN2O5S. The third-order valence-corrected chi connectivity index (χ3v) is 9.05. The Morgan fingerprint density at radius 3 is 2.57 bits per heavy atom. The molecule has 0 saturated carbocycles. The lowest BCUT2D eigenvalue weighted by atomic mass is 9.96. The number of benzene rings is 3. The van der Waals surface area contributed by atoms with Gasteiger partial charge in [-0.1, -0.05) is 69.2 Å². The molecule has 0 N–H and O–H groups in total. The van der Waals surface area contributed by atoms with Crippen molar-refractivity contribution in [3.05, 3.63) is 122 Å². The molecule has 1 aromatic heterocycles. The van der Waals surface area contributed by atoms with E-state index in [9.17, 15) is 9.59 Å². The monoisotopic (exact) mass is 730 g/mol.